The van der Waals surface area contributed by atoms with E-state index in [1.807, 2.05) is 26.0 Å². The molecular formula is C14H16IN3O3S. The smallest absolute Gasteiger partial charge is 0.236 e. The molecular weight excluding hydrogens is 417 g/mol. The number of amidine groups is 1. The van der Waals surface area contributed by atoms with Gasteiger partial charge in [-0.15, -0.1) is 5.10 Å². The Hall–Kier alpha value is -1.29. The van der Waals surface area contributed by atoms with Crippen molar-refractivity contribution in [2.75, 3.05) is 12.9 Å². The maximum absolute atomic E-state index is 11.0. The highest BCUT2D eigenvalue weighted by atomic mass is 127. The number of methoxy groups -OCH3 is 1. The number of carbonyl (C=O) groups excluding carboxylic acids is 1. The van der Waals surface area contributed by atoms with Gasteiger partial charge in [-0.1, -0.05) is 11.8 Å². The van der Waals surface area contributed by atoms with Gasteiger partial charge in [0.15, 0.2) is 16.7 Å². The number of halogens is 1. The molecule has 118 valence electrons. The molecule has 6 nitrogen and oxygen atoms in total. The van der Waals surface area contributed by atoms with E-state index < -0.39 is 0 Å². The van der Waals surface area contributed by atoms with Gasteiger partial charge in [0, 0.05) is 0 Å². The topological polar surface area (TPSA) is 72.3 Å². The summed E-state index contributed by atoms with van der Waals surface area (Å²) in [5, 5.41) is 11.1. The van der Waals surface area contributed by atoms with Crippen LogP contribution in [0, 0.1) is 3.57 Å². The standard InChI is InChI=1S/C14H16IN3O3S/c1-8(2)21-13-10(15)4-9(5-11(13)20-3)6-16-18-14-17-12(19)7-22-14/h4-6,8H,7H2,1-3H3,(H,17,18,19). The van der Waals surface area contributed by atoms with Gasteiger partial charge in [-0.05, 0) is 54.1 Å². The van der Waals surface area contributed by atoms with Crippen LogP contribution in [0.1, 0.15) is 19.4 Å². The summed E-state index contributed by atoms with van der Waals surface area (Å²) in [4.78, 5) is 11.0. The second kappa shape index (κ2) is 7.82. The maximum Gasteiger partial charge on any atom is 0.236 e. The minimum atomic E-state index is -0.0506. The molecule has 0 saturated carbocycles. The van der Waals surface area contributed by atoms with Crippen LogP contribution in [-0.2, 0) is 4.79 Å². The van der Waals surface area contributed by atoms with Gasteiger partial charge in [-0.25, -0.2) is 0 Å². The third kappa shape index (κ3) is 4.60. The largest absolute Gasteiger partial charge is 0.493 e. The lowest BCUT2D eigenvalue weighted by molar-refractivity contribution is -0.116. The van der Waals surface area contributed by atoms with E-state index in [0.717, 1.165) is 14.9 Å². The number of hydrogen-bond acceptors (Lipinski definition) is 6. The Balaban J connectivity index is 2.18. The molecule has 0 bridgehead atoms. The second-order valence-electron chi connectivity index (χ2n) is 4.69. The number of thioether (sulfide) groups is 1. The van der Waals surface area contributed by atoms with Gasteiger partial charge in [0.05, 0.1) is 28.8 Å². The summed E-state index contributed by atoms with van der Waals surface area (Å²) in [5.74, 6) is 1.71. The molecule has 0 aromatic heterocycles. The number of nitrogens with zero attached hydrogens (tertiary/aromatic N) is 2. The highest BCUT2D eigenvalue weighted by molar-refractivity contribution is 14.1. The lowest BCUT2D eigenvalue weighted by Crippen LogP contribution is -2.19. The van der Waals surface area contributed by atoms with Crippen LogP contribution in [-0.4, -0.2) is 36.3 Å². The summed E-state index contributed by atoms with van der Waals surface area (Å²) < 4.78 is 12.1. The molecule has 0 radical (unpaired) electrons. The van der Waals surface area contributed by atoms with Gasteiger partial charge in [-0.2, -0.15) is 5.10 Å². The lowest BCUT2D eigenvalue weighted by Gasteiger charge is -2.15. The summed E-state index contributed by atoms with van der Waals surface area (Å²) in [6, 6.07) is 3.77. The van der Waals surface area contributed by atoms with Gasteiger partial charge in [-0.3, -0.25) is 4.79 Å². The second-order valence-corrected chi connectivity index (χ2v) is 6.81. The van der Waals surface area contributed by atoms with Crippen molar-refractivity contribution in [1.82, 2.24) is 5.32 Å². The molecule has 1 aliphatic rings. The molecule has 1 amide bonds. The SMILES string of the molecule is COc1cc(C=NN=C2NC(=O)CS2)cc(I)c1OC(C)C. The van der Waals surface area contributed by atoms with Crippen molar-refractivity contribution in [3.05, 3.63) is 21.3 Å². The number of amides is 1. The number of nitrogens with one attached hydrogen (secondary N) is 1. The fourth-order valence-corrected chi connectivity index (χ4v) is 3.07. The van der Waals surface area contributed by atoms with Gasteiger partial charge in [0.2, 0.25) is 5.91 Å². The van der Waals surface area contributed by atoms with Gasteiger partial charge in [0.25, 0.3) is 0 Å². The molecule has 0 spiro atoms. The van der Waals surface area contributed by atoms with E-state index in [1.165, 1.54) is 11.8 Å². The third-order valence-corrected chi connectivity index (χ3v) is 4.21. The van der Waals surface area contributed by atoms with Crippen molar-refractivity contribution in [1.29, 1.82) is 0 Å². The average molecular weight is 433 g/mol. The molecule has 1 aliphatic heterocycles. The van der Waals surface area contributed by atoms with Crippen LogP contribution in [0.4, 0.5) is 0 Å². The molecule has 1 saturated heterocycles. The molecule has 0 unspecified atom stereocenters. The Morgan fingerprint density at radius 1 is 1.45 bits per heavy atom. The highest BCUT2D eigenvalue weighted by Crippen LogP contribution is 2.34. The molecule has 1 fully saturated rings. The molecule has 0 atom stereocenters. The van der Waals surface area contributed by atoms with Gasteiger partial charge in [0.1, 0.15) is 0 Å². The molecule has 8 heteroatoms. The Bertz CT molecular complexity index is 632. The summed E-state index contributed by atoms with van der Waals surface area (Å²) >= 11 is 3.53. The van der Waals surface area contributed by atoms with E-state index in [0.29, 0.717) is 16.7 Å². The quantitative estimate of drug-likeness (QED) is 0.441. The van der Waals surface area contributed by atoms with E-state index in [1.54, 1.807) is 13.3 Å². The zero-order valence-electron chi connectivity index (χ0n) is 12.4. The molecule has 1 heterocycles. The van der Waals surface area contributed by atoms with Crippen molar-refractivity contribution in [3.8, 4) is 11.5 Å². The fraction of sp³-hybridized carbons (Fsp3) is 0.357. The number of hydrogen-bond donors (Lipinski definition) is 1. The molecule has 0 aliphatic carbocycles. The maximum atomic E-state index is 11.0. The van der Waals surface area contributed by atoms with Crippen LogP contribution in [0.15, 0.2) is 22.3 Å². The number of carbonyl (C=O) groups is 1. The van der Waals surface area contributed by atoms with Crippen LogP contribution in [0.25, 0.3) is 0 Å². The van der Waals surface area contributed by atoms with E-state index in [9.17, 15) is 4.79 Å². The first-order chi connectivity index (χ1) is 10.5. The highest BCUT2D eigenvalue weighted by Gasteiger charge is 2.16. The van der Waals surface area contributed by atoms with Crippen LogP contribution in [0.3, 0.4) is 0 Å². The third-order valence-electron chi connectivity index (χ3n) is 2.55. The summed E-state index contributed by atoms with van der Waals surface area (Å²) in [6.07, 6.45) is 1.68. The van der Waals surface area contributed by atoms with Crippen molar-refractivity contribution in [2.24, 2.45) is 10.2 Å². The van der Waals surface area contributed by atoms with Crippen LogP contribution in [0.2, 0.25) is 0 Å². The predicted molar refractivity (Wildman–Crippen MR) is 97.1 cm³/mol. The fourth-order valence-electron chi connectivity index (χ4n) is 1.69. The molecule has 1 N–H and O–H groups in total. The number of benzene rings is 1. The Kier molecular flexibility index (Phi) is 6.07. The van der Waals surface area contributed by atoms with E-state index in [4.69, 9.17) is 9.47 Å². The van der Waals surface area contributed by atoms with Gasteiger partial charge < -0.3 is 14.8 Å². The normalized spacial score (nSPS) is 16.6. The first kappa shape index (κ1) is 17.1. The van der Waals surface area contributed by atoms with Crippen LogP contribution >= 0.6 is 34.4 Å². The minimum absolute atomic E-state index is 0.0506. The number of ether oxygens (including phenoxy) is 2. The lowest BCUT2D eigenvalue weighted by atomic mass is 10.2. The first-order valence-electron chi connectivity index (χ1n) is 6.57. The van der Waals surface area contributed by atoms with Crippen LogP contribution < -0.4 is 14.8 Å². The molecule has 2 rings (SSSR count). The average Bonchev–Trinajstić information content (AvgIpc) is 2.86. The number of rotatable bonds is 5. The van der Waals surface area contributed by atoms with Crippen molar-refractivity contribution in [2.45, 2.75) is 20.0 Å². The minimum Gasteiger partial charge on any atom is -0.493 e. The van der Waals surface area contributed by atoms with Gasteiger partial charge >= 0.3 is 0 Å². The Morgan fingerprint density at radius 3 is 2.82 bits per heavy atom. The molecule has 1 aromatic carbocycles. The van der Waals surface area contributed by atoms with E-state index >= 15 is 0 Å². The summed E-state index contributed by atoms with van der Waals surface area (Å²) in [6.45, 7) is 3.93. The molecule has 22 heavy (non-hydrogen) atoms. The summed E-state index contributed by atoms with van der Waals surface area (Å²) in [7, 11) is 1.60. The Morgan fingerprint density at radius 2 is 2.23 bits per heavy atom. The zero-order valence-corrected chi connectivity index (χ0v) is 15.4. The van der Waals surface area contributed by atoms with Crippen LogP contribution in [0.5, 0.6) is 11.5 Å². The van der Waals surface area contributed by atoms with E-state index in [-0.39, 0.29) is 12.0 Å². The van der Waals surface area contributed by atoms with Crippen molar-refractivity contribution in [3.63, 3.8) is 0 Å². The van der Waals surface area contributed by atoms with Crippen molar-refractivity contribution >= 4 is 51.6 Å². The Labute approximate surface area is 146 Å². The predicted octanol–water partition coefficient (Wildman–Crippen LogP) is 2.64. The monoisotopic (exact) mass is 433 g/mol. The first-order valence-corrected chi connectivity index (χ1v) is 8.64. The zero-order chi connectivity index (χ0) is 16.1. The molecule has 1 aromatic rings. The van der Waals surface area contributed by atoms with E-state index in [2.05, 4.69) is 38.1 Å². The van der Waals surface area contributed by atoms with Crippen molar-refractivity contribution < 1.29 is 14.3 Å². The summed E-state index contributed by atoms with van der Waals surface area (Å²) in [5.41, 5.74) is 0.844.